The number of piperidine rings is 1. The molecule has 1 aromatic rings. The molecule has 0 atom stereocenters. The molecule has 0 amide bonds. The Balaban J connectivity index is 1.52. The van der Waals surface area contributed by atoms with Gasteiger partial charge in [0.25, 0.3) is 0 Å². The van der Waals surface area contributed by atoms with E-state index in [2.05, 4.69) is 10.2 Å². The molecule has 1 saturated heterocycles. The van der Waals surface area contributed by atoms with Crippen molar-refractivity contribution in [1.29, 1.82) is 0 Å². The number of nitrogens with zero attached hydrogens (tertiary/aromatic N) is 1. The van der Waals surface area contributed by atoms with Crippen LogP contribution in [0.15, 0.2) is 18.2 Å². The number of rotatable bonds is 7. The van der Waals surface area contributed by atoms with Crippen LogP contribution in [0.3, 0.4) is 0 Å². The van der Waals surface area contributed by atoms with E-state index in [9.17, 15) is 4.39 Å². The normalized spacial score (nSPS) is 19.7. The van der Waals surface area contributed by atoms with Crippen LogP contribution >= 0.6 is 0 Å². The molecular formula is C17H25FN2O. The average Bonchev–Trinajstić information content (AvgIpc) is 3.33. The van der Waals surface area contributed by atoms with Gasteiger partial charge in [-0.25, -0.2) is 4.39 Å². The lowest BCUT2D eigenvalue weighted by Crippen LogP contribution is -2.33. The molecule has 1 aliphatic carbocycles. The summed E-state index contributed by atoms with van der Waals surface area (Å²) >= 11 is 0. The van der Waals surface area contributed by atoms with Crippen molar-refractivity contribution in [1.82, 2.24) is 10.2 Å². The molecule has 2 fully saturated rings. The first-order valence-electron chi connectivity index (χ1n) is 8.19. The molecule has 1 aliphatic heterocycles. The summed E-state index contributed by atoms with van der Waals surface area (Å²) in [5.41, 5.74) is 0.931. The van der Waals surface area contributed by atoms with Gasteiger partial charge in [-0.2, -0.15) is 0 Å². The molecule has 0 spiro atoms. The van der Waals surface area contributed by atoms with Gasteiger partial charge in [-0.15, -0.1) is 0 Å². The maximum atomic E-state index is 14.0. The maximum absolute atomic E-state index is 14.0. The van der Waals surface area contributed by atoms with Gasteiger partial charge < -0.3 is 10.1 Å². The van der Waals surface area contributed by atoms with Gasteiger partial charge >= 0.3 is 0 Å². The molecule has 1 saturated carbocycles. The SMILES string of the molecule is Fc1cccc(CNC2CC2)c1OCCN1CCCCC1. The average molecular weight is 292 g/mol. The largest absolute Gasteiger partial charge is 0.489 e. The van der Waals surface area contributed by atoms with E-state index in [1.54, 1.807) is 6.07 Å². The number of halogens is 1. The number of likely N-dealkylation sites (tertiary alicyclic amines) is 1. The molecule has 4 heteroatoms. The highest BCUT2D eigenvalue weighted by Gasteiger charge is 2.21. The number of benzene rings is 1. The number of ether oxygens (including phenoxy) is 1. The Bertz CT molecular complexity index is 456. The summed E-state index contributed by atoms with van der Waals surface area (Å²) in [5, 5.41) is 3.42. The van der Waals surface area contributed by atoms with Gasteiger partial charge in [-0.3, -0.25) is 4.90 Å². The minimum Gasteiger partial charge on any atom is -0.489 e. The van der Waals surface area contributed by atoms with Crippen molar-refractivity contribution in [2.45, 2.75) is 44.7 Å². The summed E-state index contributed by atoms with van der Waals surface area (Å²) in [4.78, 5) is 2.41. The van der Waals surface area contributed by atoms with Gasteiger partial charge in [0.05, 0.1) is 0 Å². The predicted molar refractivity (Wildman–Crippen MR) is 82.0 cm³/mol. The maximum Gasteiger partial charge on any atom is 0.165 e. The Morgan fingerprint density at radius 2 is 2.00 bits per heavy atom. The lowest BCUT2D eigenvalue weighted by molar-refractivity contribution is 0.179. The van der Waals surface area contributed by atoms with Crippen molar-refractivity contribution in [2.75, 3.05) is 26.2 Å². The van der Waals surface area contributed by atoms with Crippen LogP contribution in [0.25, 0.3) is 0 Å². The number of hydrogen-bond donors (Lipinski definition) is 1. The highest BCUT2D eigenvalue weighted by molar-refractivity contribution is 5.35. The minimum atomic E-state index is -0.247. The van der Waals surface area contributed by atoms with Gasteiger partial charge in [0.15, 0.2) is 11.6 Å². The molecule has 1 N–H and O–H groups in total. The fraction of sp³-hybridized carbons (Fsp3) is 0.647. The smallest absolute Gasteiger partial charge is 0.165 e. The third-order valence-corrected chi connectivity index (χ3v) is 4.31. The van der Waals surface area contributed by atoms with E-state index in [4.69, 9.17) is 4.74 Å². The van der Waals surface area contributed by atoms with E-state index in [1.165, 1.54) is 38.2 Å². The van der Waals surface area contributed by atoms with Crippen molar-refractivity contribution >= 4 is 0 Å². The monoisotopic (exact) mass is 292 g/mol. The van der Waals surface area contributed by atoms with Crippen LogP contribution < -0.4 is 10.1 Å². The Hall–Kier alpha value is -1.13. The zero-order chi connectivity index (χ0) is 14.5. The van der Waals surface area contributed by atoms with Crippen molar-refractivity contribution in [2.24, 2.45) is 0 Å². The first-order chi connectivity index (χ1) is 10.3. The topological polar surface area (TPSA) is 24.5 Å². The van der Waals surface area contributed by atoms with Crippen LogP contribution in [0.2, 0.25) is 0 Å². The number of nitrogens with one attached hydrogen (secondary N) is 1. The summed E-state index contributed by atoms with van der Waals surface area (Å²) in [6.07, 6.45) is 6.36. The van der Waals surface area contributed by atoms with E-state index in [0.29, 0.717) is 24.9 Å². The van der Waals surface area contributed by atoms with Crippen molar-refractivity contribution in [3.8, 4) is 5.75 Å². The van der Waals surface area contributed by atoms with E-state index in [1.807, 2.05) is 6.07 Å². The fourth-order valence-corrected chi connectivity index (χ4v) is 2.86. The summed E-state index contributed by atoms with van der Waals surface area (Å²) in [6.45, 7) is 4.45. The zero-order valence-corrected chi connectivity index (χ0v) is 12.6. The number of hydrogen-bond acceptors (Lipinski definition) is 3. The summed E-state index contributed by atoms with van der Waals surface area (Å²) in [6, 6.07) is 5.82. The van der Waals surface area contributed by atoms with Crippen LogP contribution in [-0.4, -0.2) is 37.2 Å². The molecule has 3 rings (SSSR count). The van der Waals surface area contributed by atoms with Gasteiger partial charge in [0, 0.05) is 24.7 Å². The third-order valence-electron chi connectivity index (χ3n) is 4.31. The van der Waals surface area contributed by atoms with Crippen molar-refractivity contribution in [3.63, 3.8) is 0 Å². The van der Waals surface area contributed by atoms with E-state index in [0.717, 1.165) is 25.2 Å². The quantitative estimate of drug-likeness (QED) is 0.836. The second-order valence-corrected chi connectivity index (χ2v) is 6.13. The molecule has 3 nitrogen and oxygen atoms in total. The lowest BCUT2D eigenvalue weighted by atomic mass is 10.1. The standard InChI is InChI=1S/C17H25FN2O/c18-16-6-4-5-14(13-19-15-7-8-15)17(16)21-12-11-20-9-2-1-3-10-20/h4-6,15,19H,1-3,7-13H2. The molecule has 1 heterocycles. The van der Waals surface area contributed by atoms with Gasteiger partial charge in [-0.05, 0) is 44.8 Å². The molecule has 2 aliphatic rings. The summed E-state index contributed by atoms with van der Waals surface area (Å²) < 4.78 is 19.8. The van der Waals surface area contributed by atoms with E-state index >= 15 is 0 Å². The molecule has 0 radical (unpaired) electrons. The van der Waals surface area contributed by atoms with Crippen LogP contribution in [0.1, 0.15) is 37.7 Å². The molecule has 1 aromatic carbocycles. The van der Waals surface area contributed by atoms with Gasteiger partial charge in [-0.1, -0.05) is 18.6 Å². The number of para-hydroxylation sites is 1. The highest BCUT2D eigenvalue weighted by atomic mass is 19.1. The van der Waals surface area contributed by atoms with Crippen LogP contribution in [0.4, 0.5) is 4.39 Å². The van der Waals surface area contributed by atoms with Crippen LogP contribution in [0.5, 0.6) is 5.75 Å². The van der Waals surface area contributed by atoms with Gasteiger partial charge in [0.1, 0.15) is 6.61 Å². The fourth-order valence-electron chi connectivity index (χ4n) is 2.86. The molecule has 21 heavy (non-hydrogen) atoms. The highest BCUT2D eigenvalue weighted by Crippen LogP contribution is 2.25. The lowest BCUT2D eigenvalue weighted by Gasteiger charge is -2.26. The Morgan fingerprint density at radius 3 is 2.76 bits per heavy atom. The minimum absolute atomic E-state index is 0.247. The molecule has 0 bridgehead atoms. The van der Waals surface area contributed by atoms with Crippen molar-refractivity contribution < 1.29 is 9.13 Å². The second kappa shape index (κ2) is 7.23. The first-order valence-corrected chi connectivity index (χ1v) is 8.19. The predicted octanol–water partition coefficient (Wildman–Crippen LogP) is 2.94. The Morgan fingerprint density at radius 1 is 1.19 bits per heavy atom. The molecule has 116 valence electrons. The van der Waals surface area contributed by atoms with Gasteiger partial charge in [0.2, 0.25) is 0 Å². The first kappa shape index (κ1) is 14.8. The Kier molecular flexibility index (Phi) is 5.09. The van der Waals surface area contributed by atoms with E-state index in [-0.39, 0.29) is 5.82 Å². The van der Waals surface area contributed by atoms with Crippen LogP contribution in [0, 0.1) is 5.82 Å². The third kappa shape index (κ3) is 4.42. The molecular weight excluding hydrogens is 267 g/mol. The van der Waals surface area contributed by atoms with E-state index < -0.39 is 0 Å². The zero-order valence-electron chi connectivity index (χ0n) is 12.6. The summed E-state index contributed by atoms with van der Waals surface area (Å²) in [7, 11) is 0. The molecule has 0 aromatic heterocycles. The molecule has 0 unspecified atom stereocenters. The Labute approximate surface area is 126 Å². The second-order valence-electron chi connectivity index (χ2n) is 6.13. The van der Waals surface area contributed by atoms with Crippen molar-refractivity contribution in [3.05, 3.63) is 29.6 Å². The summed E-state index contributed by atoms with van der Waals surface area (Å²) in [5.74, 6) is 0.186. The van der Waals surface area contributed by atoms with Crippen LogP contribution in [-0.2, 0) is 6.54 Å².